The van der Waals surface area contributed by atoms with Crippen LogP contribution in [-0.4, -0.2) is 34.3 Å². The topological polar surface area (TPSA) is 64.1 Å². The maximum Gasteiger partial charge on any atom is 0.191 e. The second-order valence-electron chi connectivity index (χ2n) is 6.07. The molecule has 150 valence electrons. The van der Waals surface area contributed by atoms with E-state index in [0.29, 0.717) is 31.2 Å². The number of methoxy groups -OCH3 is 3. The maximum atomic E-state index is 5.49. The van der Waals surface area contributed by atoms with Crippen LogP contribution >= 0.6 is 0 Å². The van der Waals surface area contributed by atoms with Gasteiger partial charge in [-0.1, -0.05) is 24.3 Å². The number of nitrogens with zero attached hydrogens (tertiary/aromatic N) is 1. The molecule has 0 heterocycles. The molecule has 0 saturated heterocycles. The lowest BCUT2D eigenvalue weighted by Gasteiger charge is -2.16. The average Bonchev–Trinajstić information content (AvgIpc) is 2.73. The molecular weight excluding hydrogens is 354 g/mol. The lowest BCUT2D eigenvalue weighted by Crippen LogP contribution is -2.36. The molecule has 2 N–H and O–H groups in total. The van der Waals surface area contributed by atoms with Crippen molar-refractivity contribution in [3.8, 4) is 17.2 Å². The Morgan fingerprint density at radius 3 is 2.32 bits per heavy atom. The summed E-state index contributed by atoms with van der Waals surface area (Å²) in [6.07, 6.45) is 2.55. The number of aliphatic imine (C=N–C) groups is 1. The summed E-state index contributed by atoms with van der Waals surface area (Å²) in [4.78, 5) is 4.29. The number of hydrogen-bond donors (Lipinski definition) is 2. The summed E-state index contributed by atoms with van der Waals surface area (Å²) in [6, 6.07) is 12.0. The minimum absolute atomic E-state index is 0.593. The number of rotatable bonds is 9. The SMILES string of the molecule is C=CCc1cc(CNC(=NC)NCc2ccccc2OC)cc(OC)c1OC. The van der Waals surface area contributed by atoms with E-state index in [1.54, 1.807) is 28.4 Å². The minimum atomic E-state index is 0.593. The molecule has 0 amide bonds. The summed E-state index contributed by atoms with van der Waals surface area (Å²) in [5.74, 6) is 2.99. The van der Waals surface area contributed by atoms with Crippen LogP contribution in [0.25, 0.3) is 0 Å². The highest BCUT2D eigenvalue weighted by Gasteiger charge is 2.12. The molecule has 6 nitrogen and oxygen atoms in total. The molecule has 0 fully saturated rings. The first-order valence-corrected chi connectivity index (χ1v) is 9.07. The lowest BCUT2D eigenvalue weighted by atomic mass is 10.1. The van der Waals surface area contributed by atoms with E-state index in [2.05, 4.69) is 28.3 Å². The van der Waals surface area contributed by atoms with E-state index in [0.717, 1.165) is 28.2 Å². The highest BCUT2D eigenvalue weighted by Crippen LogP contribution is 2.33. The Bertz CT molecular complexity index is 819. The number of ether oxygens (including phenoxy) is 3. The van der Waals surface area contributed by atoms with Gasteiger partial charge in [0, 0.05) is 31.3 Å². The van der Waals surface area contributed by atoms with Crippen molar-refractivity contribution < 1.29 is 14.2 Å². The molecule has 0 aliphatic carbocycles. The van der Waals surface area contributed by atoms with E-state index >= 15 is 0 Å². The predicted octanol–water partition coefficient (Wildman–Crippen LogP) is 3.31. The standard InChI is InChI=1S/C22H29N3O3/c1-6-9-17-12-16(13-20(27-4)21(17)28-5)14-24-22(23-2)25-15-18-10-7-8-11-19(18)26-3/h6-8,10-13H,1,9,14-15H2,2-5H3,(H2,23,24,25). The largest absolute Gasteiger partial charge is 0.496 e. The molecule has 6 heteroatoms. The molecule has 0 aliphatic heterocycles. The Labute approximate surface area is 167 Å². The molecule has 0 aromatic heterocycles. The summed E-state index contributed by atoms with van der Waals surface area (Å²) in [5.41, 5.74) is 3.16. The van der Waals surface area contributed by atoms with Gasteiger partial charge in [-0.2, -0.15) is 0 Å². The summed E-state index contributed by atoms with van der Waals surface area (Å²) in [5, 5.41) is 6.64. The van der Waals surface area contributed by atoms with Crippen molar-refractivity contribution in [2.75, 3.05) is 28.4 Å². The number of allylic oxidation sites excluding steroid dienone is 1. The molecular formula is C22H29N3O3. The number of guanidine groups is 1. The van der Waals surface area contributed by atoms with Crippen LogP contribution in [0.15, 0.2) is 54.0 Å². The molecule has 0 radical (unpaired) electrons. The van der Waals surface area contributed by atoms with Crippen molar-refractivity contribution in [3.05, 3.63) is 65.7 Å². The molecule has 2 rings (SSSR count). The second kappa shape index (κ2) is 10.9. The van der Waals surface area contributed by atoms with E-state index < -0.39 is 0 Å². The van der Waals surface area contributed by atoms with Gasteiger partial charge in [0.1, 0.15) is 5.75 Å². The highest BCUT2D eigenvalue weighted by atomic mass is 16.5. The number of nitrogens with one attached hydrogen (secondary N) is 2. The zero-order chi connectivity index (χ0) is 20.4. The van der Waals surface area contributed by atoms with Gasteiger partial charge >= 0.3 is 0 Å². The van der Waals surface area contributed by atoms with E-state index in [1.807, 2.05) is 36.4 Å². The van der Waals surface area contributed by atoms with Crippen LogP contribution in [0.3, 0.4) is 0 Å². The van der Waals surface area contributed by atoms with Crippen LogP contribution in [0.2, 0.25) is 0 Å². The monoisotopic (exact) mass is 383 g/mol. The molecule has 0 spiro atoms. The molecule has 2 aromatic rings. The maximum absolute atomic E-state index is 5.49. The Kier molecular flexibility index (Phi) is 8.21. The Morgan fingerprint density at radius 1 is 0.964 bits per heavy atom. The molecule has 0 aliphatic rings. The fourth-order valence-corrected chi connectivity index (χ4v) is 2.95. The summed E-state index contributed by atoms with van der Waals surface area (Å²) in [6.45, 7) is 5.02. The van der Waals surface area contributed by atoms with Gasteiger partial charge in [0.05, 0.1) is 21.3 Å². The molecule has 2 aromatic carbocycles. The average molecular weight is 383 g/mol. The second-order valence-corrected chi connectivity index (χ2v) is 6.07. The fraction of sp³-hybridized carbons (Fsp3) is 0.318. The molecule has 0 saturated carbocycles. The van der Waals surface area contributed by atoms with Gasteiger partial charge in [-0.15, -0.1) is 6.58 Å². The van der Waals surface area contributed by atoms with E-state index in [-0.39, 0.29) is 0 Å². The van der Waals surface area contributed by atoms with Crippen LogP contribution in [0.5, 0.6) is 17.2 Å². The zero-order valence-electron chi connectivity index (χ0n) is 17.0. The van der Waals surface area contributed by atoms with Crippen molar-refractivity contribution in [1.29, 1.82) is 0 Å². The van der Waals surface area contributed by atoms with Gasteiger partial charge in [-0.25, -0.2) is 0 Å². The van der Waals surface area contributed by atoms with Crippen molar-refractivity contribution in [1.82, 2.24) is 10.6 Å². The van der Waals surface area contributed by atoms with Gasteiger partial charge in [-0.05, 0) is 30.2 Å². The van der Waals surface area contributed by atoms with Gasteiger partial charge < -0.3 is 24.8 Å². The predicted molar refractivity (Wildman–Crippen MR) is 113 cm³/mol. The van der Waals surface area contributed by atoms with E-state index in [1.165, 1.54) is 0 Å². The van der Waals surface area contributed by atoms with Crippen molar-refractivity contribution in [3.63, 3.8) is 0 Å². The fourth-order valence-electron chi connectivity index (χ4n) is 2.95. The van der Waals surface area contributed by atoms with E-state index in [9.17, 15) is 0 Å². The van der Waals surface area contributed by atoms with Crippen molar-refractivity contribution >= 4 is 5.96 Å². The van der Waals surface area contributed by atoms with Crippen molar-refractivity contribution in [2.45, 2.75) is 19.5 Å². The van der Waals surface area contributed by atoms with Crippen LogP contribution in [0.4, 0.5) is 0 Å². The van der Waals surface area contributed by atoms with Crippen LogP contribution < -0.4 is 24.8 Å². The summed E-state index contributed by atoms with van der Waals surface area (Å²) >= 11 is 0. The molecule has 0 unspecified atom stereocenters. The molecule has 28 heavy (non-hydrogen) atoms. The third-order valence-electron chi connectivity index (χ3n) is 4.30. The smallest absolute Gasteiger partial charge is 0.191 e. The lowest BCUT2D eigenvalue weighted by molar-refractivity contribution is 0.352. The molecule has 0 atom stereocenters. The number of hydrogen-bond acceptors (Lipinski definition) is 4. The molecule has 0 bridgehead atoms. The van der Waals surface area contributed by atoms with Gasteiger partial charge in [0.25, 0.3) is 0 Å². The Balaban J connectivity index is 2.06. The minimum Gasteiger partial charge on any atom is -0.496 e. The van der Waals surface area contributed by atoms with Gasteiger partial charge in [0.15, 0.2) is 17.5 Å². The number of benzene rings is 2. The van der Waals surface area contributed by atoms with Gasteiger partial charge in [-0.3, -0.25) is 4.99 Å². The van der Waals surface area contributed by atoms with E-state index in [4.69, 9.17) is 14.2 Å². The van der Waals surface area contributed by atoms with Crippen LogP contribution in [-0.2, 0) is 19.5 Å². The zero-order valence-corrected chi connectivity index (χ0v) is 17.0. The first-order valence-electron chi connectivity index (χ1n) is 9.07. The van der Waals surface area contributed by atoms with Crippen LogP contribution in [0, 0.1) is 0 Å². The Morgan fingerprint density at radius 2 is 1.68 bits per heavy atom. The Hall–Kier alpha value is -3.15. The summed E-state index contributed by atoms with van der Waals surface area (Å²) in [7, 11) is 6.70. The van der Waals surface area contributed by atoms with Crippen molar-refractivity contribution in [2.24, 2.45) is 4.99 Å². The van der Waals surface area contributed by atoms with Gasteiger partial charge in [0.2, 0.25) is 0 Å². The summed E-state index contributed by atoms with van der Waals surface area (Å²) < 4.78 is 16.4. The third-order valence-corrected chi connectivity index (χ3v) is 4.30. The quantitative estimate of drug-likeness (QED) is 0.395. The number of para-hydroxylation sites is 1. The normalized spacial score (nSPS) is 10.9. The highest BCUT2D eigenvalue weighted by molar-refractivity contribution is 5.79. The first kappa shape index (κ1) is 21.2. The van der Waals surface area contributed by atoms with Crippen LogP contribution in [0.1, 0.15) is 16.7 Å². The first-order chi connectivity index (χ1) is 13.7. The third kappa shape index (κ3) is 5.42.